The maximum atomic E-state index is 12.2. The Morgan fingerprint density at radius 2 is 1.95 bits per heavy atom. The van der Waals surface area contributed by atoms with Gasteiger partial charge in [-0.25, -0.2) is 14.6 Å². The molecule has 2 aromatic heterocycles. The molecule has 22 heavy (non-hydrogen) atoms. The second-order valence-electron chi connectivity index (χ2n) is 5.38. The van der Waals surface area contributed by atoms with Gasteiger partial charge in [-0.15, -0.1) is 5.10 Å². The van der Waals surface area contributed by atoms with E-state index in [2.05, 4.69) is 25.2 Å². The molecule has 0 unspecified atom stereocenters. The molecule has 0 radical (unpaired) electrons. The summed E-state index contributed by atoms with van der Waals surface area (Å²) < 4.78 is 1.55. The largest absolute Gasteiger partial charge is 0.353 e. The number of piperazine rings is 1. The standard InChI is InChI=1S/C14H19N7O/c1-11-12(2)15-10-16-14(11)20-7-5-19(6-8-20)13(22)9-21-4-3-17-18-21/h3-4,10H,5-9H2,1-2H3. The van der Waals surface area contributed by atoms with Gasteiger partial charge in [-0.2, -0.15) is 0 Å². The van der Waals surface area contributed by atoms with Crippen LogP contribution in [0.5, 0.6) is 0 Å². The summed E-state index contributed by atoms with van der Waals surface area (Å²) in [5.41, 5.74) is 2.10. The maximum absolute atomic E-state index is 12.2. The van der Waals surface area contributed by atoms with Crippen molar-refractivity contribution in [1.29, 1.82) is 0 Å². The zero-order chi connectivity index (χ0) is 15.5. The maximum Gasteiger partial charge on any atom is 0.244 e. The molecule has 0 spiro atoms. The summed E-state index contributed by atoms with van der Waals surface area (Å²) in [7, 11) is 0. The first-order valence-corrected chi connectivity index (χ1v) is 7.30. The molecule has 1 aliphatic heterocycles. The minimum absolute atomic E-state index is 0.0701. The highest BCUT2D eigenvalue weighted by molar-refractivity contribution is 5.76. The molecule has 0 aromatic carbocycles. The van der Waals surface area contributed by atoms with Crippen LogP contribution in [0.1, 0.15) is 11.3 Å². The van der Waals surface area contributed by atoms with Crippen molar-refractivity contribution in [2.75, 3.05) is 31.1 Å². The lowest BCUT2D eigenvalue weighted by molar-refractivity contribution is -0.132. The zero-order valence-electron chi connectivity index (χ0n) is 12.8. The van der Waals surface area contributed by atoms with Gasteiger partial charge >= 0.3 is 0 Å². The molecule has 116 valence electrons. The first kappa shape index (κ1) is 14.4. The number of carbonyl (C=O) groups is 1. The number of hydrogen-bond acceptors (Lipinski definition) is 6. The van der Waals surface area contributed by atoms with Crippen LogP contribution in [-0.2, 0) is 11.3 Å². The Kier molecular flexibility index (Phi) is 3.99. The summed E-state index contributed by atoms with van der Waals surface area (Å²) >= 11 is 0. The van der Waals surface area contributed by atoms with E-state index < -0.39 is 0 Å². The smallest absolute Gasteiger partial charge is 0.244 e. The molecule has 0 N–H and O–H groups in total. The van der Waals surface area contributed by atoms with Crippen molar-refractivity contribution < 1.29 is 4.79 Å². The average molecular weight is 301 g/mol. The van der Waals surface area contributed by atoms with E-state index in [1.54, 1.807) is 23.4 Å². The van der Waals surface area contributed by atoms with Gasteiger partial charge in [0.1, 0.15) is 18.7 Å². The molecule has 0 bridgehead atoms. The van der Waals surface area contributed by atoms with Crippen molar-refractivity contribution in [3.05, 3.63) is 30.0 Å². The third kappa shape index (κ3) is 2.90. The summed E-state index contributed by atoms with van der Waals surface area (Å²) in [4.78, 5) is 24.9. The van der Waals surface area contributed by atoms with Crippen LogP contribution in [0.15, 0.2) is 18.7 Å². The van der Waals surface area contributed by atoms with E-state index in [0.29, 0.717) is 13.1 Å². The minimum Gasteiger partial charge on any atom is -0.353 e. The summed E-state index contributed by atoms with van der Waals surface area (Å²) in [5.74, 6) is 1.04. The molecule has 2 aromatic rings. The van der Waals surface area contributed by atoms with Crippen LogP contribution in [0.25, 0.3) is 0 Å². The van der Waals surface area contributed by atoms with Gasteiger partial charge in [0.25, 0.3) is 0 Å². The predicted octanol–water partition coefficient (Wildman–Crippen LogP) is 0.0337. The lowest BCUT2D eigenvalue weighted by Gasteiger charge is -2.36. The molecule has 1 saturated heterocycles. The number of amides is 1. The summed E-state index contributed by atoms with van der Waals surface area (Å²) in [5, 5.41) is 7.54. The molecular weight excluding hydrogens is 282 g/mol. The SMILES string of the molecule is Cc1ncnc(N2CCN(C(=O)Cn3ccnn3)CC2)c1C. The van der Waals surface area contributed by atoms with Crippen molar-refractivity contribution in [3.8, 4) is 0 Å². The van der Waals surface area contributed by atoms with Crippen LogP contribution in [0, 0.1) is 13.8 Å². The minimum atomic E-state index is 0.0701. The van der Waals surface area contributed by atoms with E-state index in [0.717, 1.165) is 30.2 Å². The first-order chi connectivity index (χ1) is 10.6. The highest BCUT2D eigenvalue weighted by Gasteiger charge is 2.23. The fraction of sp³-hybridized carbons (Fsp3) is 0.500. The Labute approximate surface area is 128 Å². The van der Waals surface area contributed by atoms with Gasteiger partial charge < -0.3 is 9.80 Å². The van der Waals surface area contributed by atoms with Gasteiger partial charge in [0.15, 0.2) is 0 Å². The molecule has 1 fully saturated rings. The number of aryl methyl sites for hydroxylation is 1. The topological polar surface area (TPSA) is 80.0 Å². The summed E-state index contributed by atoms with van der Waals surface area (Å²) in [6, 6.07) is 0. The Hall–Kier alpha value is -2.51. The van der Waals surface area contributed by atoms with Crippen LogP contribution >= 0.6 is 0 Å². The van der Waals surface area contributed by atoms with E-state index in [1.807, 2.05) is 18.7 Å². The van der Waals surface area contributed by atoms with Crippen molar-refractivity contribution in [3.63, 3.8) is 0 Å². The van der Waals surface area contributed by atoms with Gasteiger partial charge in [-0.05, 0) is 13.8 Å². The van der Waals surface area contributed by atoms with Crippen LogP contribution in [-0.4, -0.2) is 61.9 Å². The number of hydrogen-bond donors (Lipinski definition) is 0. The van der Waals surface area contributed by atoms with Gasteiger partial charge in [0, 0.05) is 43.6 Å². The van der Waals surface area contributed by atoms with Gasteiger partial charge in [-0.3, -0.25) is 4.79 Å². The lowest BCUT2D eigenvalue weighted by atomic mass is 10.2. The fourth-order valence-electron chi connectivity index (χ4n) is 2.57. The zero-order valence-corrected chi connectivity index (χ0v) is 12.8. The van der Waals surface area contributed by atoms with E-state index in [1.165, 1.54) is 0 Å². The Morgan fingerprint density at radius 3 is 2.64 bits per heavy atom. The number of rotatable bonds is 3. The van der Waals surface area contributed by atoms with Gasteiger partial charge in [0.05, 0.1) is 6.20 Å². The first-order valence-electron chi connectivity index (χ1n) is 7.30. The lowest BCUT2D eigenvalue weighted by Crippen LogP contribution is -2.50. The number of aromatic nitrogens is 5. The van der Waals surface area contributed by atoms with E-state index in [9.17, 15) is 4.79 Å². The predicted molar refractivity (Wildman–Crippen MR) is 80.3 cm³/mol. The third-order valence-electron chi connectivity index (χ3n) is 4.01. The van der Waals surface area contributed by atoms with E-state index in [-0.39, 0.29) is 12.5 Å². The molecule has 0 saturated carbocycles. The monoisotopic (exact) mass is 301 g/mol. The average Bonchev–Trinajstić information content (AvgIpc) is 3.03. The number of carbonyl (C=O) groups excluding carboxylic acids is 1. The number of anilines is 1. The normalized spacial score (nSPS) is 15.2. The van der Waals surface area contributed by atoms with Crippen LogP contribution < -0.4 is 4.90 Å². The molecule has 0 atom stereocenters. The van der Waals surface area contributed by atoms with Gasteiger partial charge in [-0.1, -0.05) is 5.21 Å². The molecular formula is C14H19N7O. The van der Waals surface area contributed by atoms with Crippen LogP contribution in [0.2, 0.25) is 0 Å². The Balaban J connectivity index is 1.60. The molecule has 1 aliphatic rings. The van der Waals surface area contributed by atoms with Crippen LogP contribution in [0.4, 0.5) is 5.82 Å². The number of nitrogens with zero attached hydrogens (tertiary/aromatic N) is 7. The van der Waals surface area contributed by atoms with Gasteiger partial charge in [0.2, 0.25) is 5.91 Å². The van der Waals surface area contributed by atoms with Crippen molar-refractivity contribution >= 4 is 11.7 Å². The Morgan fingerprint density at radius 1 is 1.18 bits per heavy atom. The molecule has 8 heteroatoms. The van der Waals surface area contributed by atoms with E-state index >= 15 is 0 Å². The van der Waals surface area contributed by atoms with Crippen molar-refractivity contribution in [2.24, 2.45) is 0 Å². The molecule has 8 nitrogen and oxygen atoms in total. The van der Waals surface area contributed by atoms with Crippen molar-refractivity contribution in [1.82, 2.24) is 29.9 Å². The quantitative estimate of drug-likeness (QED) is 0.796. The molecule has 0 aliphatic carbocycles. The molecule has 3 rings (SSSR count). The second-order valence-corrected chi connectivity index (χ2v) is 5.38. The Bertz CT molecular complexity index is 647. The second kappa shape index (κ2) is 6.08. The van der Waals surface area contributed by atoms with Crippen molar-refractivity contribution in [2.45, 2.75) is 20.4 Å². The highest BCUT2D eigenvalue weighted by atomic mass is 16.2. The molecule has 3 heterocycles. The highest BCUT2D eigenvalue weighted by Crippen LogP contribution is 2.19. The molecule has 1 amide bonds. The van der Waals surface area contributed by atoms with Crippen LogP contribution in [0.3, 0.4) is 0 Å². The third-order valence-corrected chi connectivity index (χ3v) is 4.01. The van der Waals surface area contributed by atoms with E-state index in [4.69, 9.17) is 0 Å². The summed E-state index contributed by atoms with van der Waals surface area (Å²) in [6.07, 6.45) is 4.87. The fourth-order valence-corrected chi connectivity index (χ4v) is 2.57. The summed E-state index contributed by atoms with van der Waals surface area (Å²) in [6.45, 7) is 7.20.